The minimum atomic E-state index is -0.514. The summed E-state index contributed by atoms with van der Waals surface area (Å²) in [5, 5.41) is 14.6. The number of rotatable bonds is 4. The number of pyridine rings is 1. The van der Waals surface area contributed by atoms with Crippen molar-refractivity contribution in [3.8, 4) is 0 Å². The van der Waals surface area contributed by atoms with Gasteiger partial charge in [0, 0.05) is 29.4 Å². The van der Waals surface area contributed by atoms with Crippen LogP contribution in [-0.4, -0.2) is 15.4 Å². The second kappa shape index (κ2) is 6.33. The first-order valence-electron chi connectivity index (χ1n) is 7.17. The SMILES string of the molecule is O=C(Cn1ccc2ccccc2c1=O)Nc1ccc([N+](=O)[O-])cc1. The van der Waals surface area contributed by atoms with Gasteiger partial charge in [0.1, 0.15) is 6.54 Å². The van der Waals surface area contributed by atoms with Gasteiger partial charge in [-0.1, -0.05) is 18.2 Å². The Bertz CT molecular complexity index is 977. The highest BCUT2D eigenvalue weighted by Gasteiger charge is 2.09. The molecule has 0 aliphatic heterocycles. The molecule has 1 heterocycles. The first-order chi connectivity index (χ1) is 11.5. The number of nitro groups is 1. The van der Waals surface area contributed by atoms with Gasteiger partial charge in [-0.05, 0) is 29.7 Å². The molecule has 0 fully saturated rings. The second-order valence-corrected chi connectivity index (χ2v) is 5.19. The molecule has 1 amide bonds. The first kappa shape index (κ1) is 15.4. The molecule has 1 N–H and O–H groups in total. The van der Waals surface area contributed by atoms with Crippen LogP contribution in [0.25, 0.3) is 10.8 Å². The molecule has 2 aromatic carbocycles. The minimum absolute atomic E-state index is 0.0567. The van der Waals surface area contributed by atoms with Gasteiger partial charge < -0.3 is 9.88 Å². The fourth-order valence-electron chi connectivity index (χ4n) is 2.38. The summed E-state index contributed by atoms with van der Waals surface area (Å²) in [7, 11) is 0. The van der Waals surface area contributed by atoms with Gasteiger partial charge in [0.25, 0.3) is 11.2 Å². The van der Waals surface area contributed by atoms with Crippen LogP contribution in [0.15, 0.2) is 65.6 Å². The molecule has 7 nitrogen and oxygen atoms in total. The van der Waals surface area contributed by atoms with Gasteiger partial charge in [-0.15, -0.1) is 0 Å². The predicted molar refractivity (Wildman–Crippen MR) is 89.9 cm³/mol. The monoisotopic (exact) mass is 323 g/mol. The highest BCUT2D eigenvalue weighted by molar-refractivity contribution is 5.91. The van der Waals surface area contributed by atoms with Crippen molar-refractivity contribution in [1.82, 2.24) is 4.57 Å². The average Bonchev–Trinajstić information content (AvgIpc) is 2.58. The number of hydrogen-bond donors (Lipinski definition) is 1. The summed E-state index contributed by atoms with van der Waals surface area (Å²) in [6, 6.07) is 14.4. The molecule has 7 heteroatoms. The number of aromatic nitrogens is 1. The Balaban J connectivity index is 1.76. The maximum Gasteiger partial charge on any atom is 0.269 e. The maximum atomic E-state index is 12.3. The van der Waals surface area contributed by atoms with E-state index < -0.39 is 4.92 Å². The molecular weight excluding hydrogens is 310 g/mol. The zero-order valence-corrected chi connectivity index (χ0v) is 12.5. The van der Waals surface area contributed by atoms with Crippen molar-refractivity contribution in [3.05, 3.63) is 81.3 Å². The topological polar surface area (TPSA) is 94.2 Å². The van der Waals surface area contributed by atoms with Crippen LogP contribution in [0.1, 0.15) is 0 Å². The number of carbonyl (C=O) groups is 1. The summed E-state index contributed by atoms with van der Waals surface area (Å²) in [6.45, 7) is -0.138. The quantitative estimate of drug-likeness (QED) is 0.589. The molecule has 3 aromatic rings. The smallest absolute Gasteiger partial charge is 0.269 e. The molecule has 24 heavy (non-hydrogen) atoms. The van der Waals surface area contributed by atoms with Crippen molar-refractivity contribution in [1.29, 1.82) is 0 Å². The third-order valence-corrected chi connectivity index (χ3v) is 3.56. The largest absolute Gasteiger partial charge is 0.325 e. The number of nitro benzene ring substituents is 1. The van der Waals surface area contributed by atoms with Gasteiger partial charge in [-0.2, -0.15) is 0 Å². The van der Waals surface area contributed by atoms with Crippen LogP contribution >= 0.6 is 0 Å². The van der Waals surface area contributed by atoms with E-state index in [1.54, 1.807) is 24.4 Å². The normalized spacial score (nSPS) is 10.5. The summed E-state index contributed by atoms with van der Waals surface area (Å²) in [6.07, 6.45) is 1.57. The molecule has 0 saturated heterocycles. The lowest BCUT2D eigenvalue weighted by Crippen LogP contribution is -2.27. The number of carbonyl (C=O) groups excluding carboxylic acids is 1. The Kier molecular flexibility index (Phi) is 4.07. The van der Waals surface area contributed by atoms with Gasteiger partial charge in [-0.3, -0.25) is 19.7 Å². The third-order valence-electron chi connectivity index (χ3n) is 3.56. The van der Waals surface area contributed by atoms with E-state index in [0.717, 1.165) is 5.39 Å². The number of nitrogens with one attached hydrogen (secondary N) is 1. The van der Waals surface area contributed by atoms with Gasteiger partial charge in [0.2, 0.25) is 5.91 Å². The van der Waals surface area contributed by atoms with Crippen molar-refractivity contribution in [2.75, 3.05) is 5.32 Å². The van der Waals surface area contributed by atoms with Crippen molar-refractivity contribution < 1.29 is 9.72 Å². The molecule has 0 radical (unpaired) electrons. The zero-order valence-electron chi connectivity index (χ0n) is 12.5. The van der Waals surface area contributed by atoms with Gasteiger partial charge >= 0.3 is 0 Å². The van der Waals surface area contributed by atoms with Crippen LogP contribution in [0.4, 0.5) is 11.4 Å². The van der Waals surface area contributed by atoms with Crippen LogP contribution in [0.5, 0.6) is 0 Å². The van der Waals surface area contributed by atoms with Crippen molar-refractivity contribution in [3.63, 3.8) is 0 Å². The van der Waals surface area contributed by atoms with E-state index in [9.17, 15) is 19.7 Å². The highest BCUT2D eigenvalue weighted by atomic mass is 16.6. The summed E-state index contributed by atoms with van der Waals surface area (Å²) >= 11 is 0. The van der Waals surface area contributed by atoms with E-state index in [1.165, 1.54) is 28.8 Å². The molecule has 3 rings (SSSR count). The zero-order chi connectivity index (χ0) is 17.1. The number of hydrogen-bond acceptors (Lipinski definition) is 4. The van der Waals surface area contributed by atoms with E-state index in [1.807, 2.05) is 12.1 Å². The van der Waals surface area contributed by atoms with E-state index in [2.05, 4.69) is 5.32 Å². The van der Waals surface area contributed by atoms with E-state index in [4.69, 9.17) is 0 Å². The van der Waals surface area contributed by atoms with Crippen molar-refractivity contribution in [2.45, 2.75) is 6.54 Å². The molecule has 0 unspecified atom stereocenters. The molecule has 0 spiro atoms. The van der Waals surface area contributed by atoms with E-state index >= 15 is 0 Å². The van der Waals surface area contributed by atoms with Crippen molar-refractivity contribution in [2.24, 2.45) is 0 Å². The van der Waals surface area contributed by atoms with Crippen LogP contribution in [0.3, 0.4) is 0 Å². The van der Waals surface area contributed by atoms with Crippen LogP contribution in [0, 0.1) is 10.1 Å². The number of anilines is 1. The Labute approximate surface area is 136 Å². The molecule has 120 valence electrons. The first-order valence-corrected chi connectivity index (χ1v) is 7.17. The molecule has 0 atom stereocenters. The average molecular weight is 323 g/mol. The Morgan fingerprint density at radius 1 is 1.08 bits per heavy atom. The number of non-ortho nitro benzene ring substituents is 1. The lowest BCUT2D eigenvalue weighted by molar-refractivity contribution is -0.384. The minimum Gasteiger partial charge on any atom is -0.325 e. The fraction of sp³-hybridized carbons (Fsp3) is 0.0588. The van der Waals surface area contributed by atoms with Gasteiger partial charge in [-0.25, -0.2) is 0 Å². The summed E-state index contributed by atoms with van der Waals surface area (Å²) < 4.78 is 1.32. The van der Waals surface area contributed by atoms with Crippen LogP contribution < -0.4 is 10.9 Å². The maximum absolute atomic E-state index is 12.3. The van der Waals surface area contributed by atoms with Gasteiger partial charge in [0.05, 0.1) is 4.92 Å². The fourth-order valence-corrected chi connectivity index (χ4v) is 2.38. The number of nitrogens with zero attached hydrogens (tertiary/aromatic N) is 2. The molecule has 0 aliphatic carbocycles. The molecule has 1 aromatic heterocycles. The number of fused-ring (bicyclic) bond motifs is 1. The third kappa shape index (κ3) is 3.14. The molecule has 0 saturated carbocycles. The second-order valence-electron chi connectivity index (χ2n) is 5.19. The highest BCUT2D eigenvalue weighted by Crippen LogP contribution is 2.15. The van der Waals surface area contributed by atoms with Gasteiger partial charge in [0.15, 0.2) is 0 Å². The Morgan fingerprint density at radius 2 is 1.79 bits per heavy atom. The number of amides is 1. The summed E-state index contributed by atoms with van der Waals surface area (Å²) in [5.74, 6) is -0.388. The lowest BCUT2D eigenvalue weighted by atomic mass is 10.2. The van der Waals surface area contributed by atoms with Crippen LogP contribution in [0.2, 0.25) is 0 Å². The van der Waals surface area contributed by atoms with Crippen molar-refractivity contribution >= 4 is 28.1 Å². The summed E-state index contributed by atoms with van der Waals surface area (Å²) in [5.41, 5.74) is 0.130. The predicted octanol–water partition coefficient (Wildman–Crippen LogP) is 2.55. The Hall–Kier alpha value is -3.48. The van der Waals surface area contributed by atoms with Crippen LogP contribution in [-0.2, 0) is 11.3 Å². The van der Waals surface area contributed by atoms with E-state index in [-0.39, 0.29) is 23.7 Å². The molecular formula is C17H13N3O4. The lowest BCUT2D eigenvalue weighted by Gasteiger charge is -2.08. The Morgan fingerprint density at radius 3 is 2.50 bits per heavy atom. The van der Waals surface area contributed by atoms with E-state index in [0.29, 0.717) is 11.1 Å². The summed E-state index contributed by atoms with van der Waals surface area (Å²) in [4.78, 5) is 34.5. The molecule has 0 bridgehead atoms. The molecule has 0 aliphatic rings. The standard InChI is InChI=1S/C17H13N3O4/c21-16(18-13-5-7-14(8-6-13)20(23)24)11-19-10-9-12-3-1-2-4-15(12)17(19)22/h1-10H,11H2,(H,18,21). The number of benzene rings is 2.